The summed E-state index contributed by atoms with van der Waals surface area (Å²) >= 11 is 0. The zero-order valence-electron chi connectivity index (χ0n) is 8.11. The van der Waals surface area contributed by atoms with E-state index in [2.05, 4.69) is 6.07 Å². The first-order valence-corrected chi connectivity index (χ1v) is 5.08. The van der Waals surface area contributed by atoms with Gasteiger partial charge < -0.3 is 9.64 Å². The van der Waals surface area contributed by atoms with Gasteiger partial charge in [-0.1, -0.05) is 0 Å². The molecule has 4 heteroatoms. The minimum Gasteiger partial charge on any atom is -0.379 e. The quantitative estimate of drug-likeness (QED) is 0.612. The number of hydrogen-bond donors (Lipinski definition) is 0. The van der Waals surface area contributed by atoms with Gasteiger partial charge >= 0.3 is 0 Å². The van der Waals surface area contributed by atoms with Gasteiger partial charge in [0.25, 0.3) is 0 Å². The molecule has 0 spiro atoms. The van der Waals surface area contributed by atoms with Crippen molar-refractivity contribution in [1.82, 2.24) is 4.90 Å². The van der Waals surface area contributed by atoms with Crippen LogP contribution in [0, 0.1) is 17.2 Å². The molecule has 14 heavy (non-hydrogen) atoms. The number of nitriles is 1. The van der Waals surface area contributed by atoms with Crippen LogP contribution in [0.4, 0.5) is 0 Å². The number of ether oxygens (including phenoxy) is 1. The Bertz CT molecular complexity index is 266. The molecule has 2 atom stereocenters. The first-order chi connectivity index (χ1) is 6.81. The van der Waals surface area contributed by atoms with Gasteiger partial charge in [-0.2, -0.15) is 5.26 Å². The monoisotopic (exact) mass is 194 g/mol. The van der Waals surface area contributed by atoms with Gasteiger partial charge in [-0.05, 0) is 12.8 Å². The van der Waals surface area contributed by atoms with Gasteiger partial charge in [0, 0.05) is 19.6 Å². The Kier molecular flexibility index (Phi) is 2.69. The average Bonchev–Trinajstić information content (AvgIpc) is 2.61. The van der Waals surface area contributed by atoms with E-state index in [1.807, 2.05) is 4.90 Å². The molecular weight excluding hydrogens is 180 g/mol. The first-order valence-electron chi connectivity index (χ1n) is 5.08. The Morgan fingerprint density at radius 3 is 3.00 bits per heavy atom. The van der Waals surface area contributed by atoms with Gasteiger partial charge in [-0.15, -0.1) is 0 Å². The van der Waals surface area contributed by atoms with Gasteiger partial charge in [-0.25, -0.2) is 0 Å². The van der Waals surface area contributed by atoms with Gasteiger partial charge in [0.1, 0.15) is 0 Å². The largest absolute Gasteiger partial charge is 0.379 e. The maximum Gasteiger partial charge on any atom is 0.224 e. The van der Waals surface area contributed by atoms with Gasteiger partial charge in [0.2, 0.25) is 5.91 Å². The second kappa shape index (κ2) is 3.97. The van der Waals surface area contributed by atoms with E-state index in [1.54, 1.807) is 0 Å². The van der Waals surface area contributed by atoms with Gasteiger partial charge in [0.15, 0.2) is 0 Å². The zero-order valence-corrected chi connectivity index (χ0v) is 8.11. The van der Waals surface area contributed by atoms with E-state index in [-0.39, 0.29) is 17.9 Å². The number of carbonyl (C=O) groups excluding carboxylic acids is 1. The van der Waals surface area contributed by atoms with Crippen LogP contribution < -0.4 is 0 Å². The van der Waals surface area contributed by atoms with Crippen LogP contribution in [0.1, 0.15) is 19.3 Å². The zero-order chi connectivity index (χ0) is 9.97. The van der Waals surface area contributed by atoms with Crippen LogP contribution in [0.5, 0.6) is 0 Å². The summed E-state index contributed by atoms with van der Waals surface area (Å²) in [6, 6.07) is 2.38. The molecular formula is C10H14N2O2. The summed E-state index contributed by atoms with van der Waals surface area (Å²) in [6.07, 6.45) is 2.43. The summed E-state index contributed by atoms with van der Waals surface area (Å²) in [7, 11) is 0. The van der Waals surface area contributed by atoms with Crippen LogP contribution in [0.3, 0.4) is 0 Å². The van der Waals surface area contributed by atoms with Crippen LogP contribution >= 0.6 is 0 Å². The van der Waals surface area contributed by atoms with Crippen LogP contribution in [-0.4, -0.2) is 36.6 Å². The number of nitrogens with zero attached hydrogens (tertiary/aromatic N) is 2. The molecule has 76 valence electrons. The second-order valence-electron chi connectivity index (χ2n) is 3.95. The molecule has 4 nitrogen and oxygen atoms in total. The molecule has 0 aromatic rings. The summed E-state index contributed by atoms with van der Waals surface area (Å²) in [6.45, 7) is 2.05. The predicted octanol–water partition coefficient (Wildman–Crippen LogP) is 0.537. The maximum atomic E-state index is 11.6. The Balaban J connectivity index is 1.97. The SMILES string of the molecule is N#CC1CC(=O)N(C2CCCOC2)C1. The smallest absolute Gasteiger partial charge is 0.224 e. The molecule has 0 bridgehead atoms. The molecule has 2 rings (SSSR count). The van der Waals surface area contributed by atoms with Crippen LogP contribution in [0.15, 0.2) is 0 Å². The van der Waals surface area contributed by atoms with E-state index in [9.17, 15) is 4.79 Å². The fourth-order valence-electron chi connectivity index (χ4n) is 2.14. The van der Waals surface area contributed by atoms with E-state index in [1.165, 1.54) is 0 Å². The van der Waals surface area contributed by atoms with Crippen molar-refractivity contribution in [3.63, 3.8) is 0 Å². The minimum absolute atomic E-state index is 0.107. The van der Waals surface area contributed by atoms with E-state index >= 15 is 0 Å². The van der Waals surface area contributed by atoms with Crippen molar-refractivity contribution in [2.24, 2.45) is 5.92 Å². The van der Waals surface area contributed by atoms with Crippen molar-refractivity contribution in [2.75, 3.05) is 19.8 Å². The van der Waals surface area contributed by atoms with E-state index in [0.717, 1.165) is 19.4 Å². The number of rotatable bonds is 1. The van der Waals surface area contributed by atoms with Crippen LogP contribution in [0.2, 0.25) is 0 Å². The summed E-state index contributed by atoms with van der Waals surface area (Å²) in [5.41, 5.74) is 0. The lowest BCUT2D eigenvalue weighted by molar-refractivity contribution is -0.132. The average molecular weight is 194 g/mol. The van der Waals surface area contributed by atoms with E-state index in [0.29, 0.717) is 19.6 Å². The van der Waals surface area contributed by atoms with Crippen LogP contribution in [-0.2, 0) is 9.53 Å². The molecule has 2 aliphatic rings. The van der Waals surface area contributed by atoms with E-state index in [4.69, 9.17) is 10.00 Å². The molecule has 1 amide bonds. The van der Waals surface area contributed by atoms with Crippen molar-refractivity contribution >= 4 is 5.91 Å². The van der Waals surface area contributed by atoms with E-state index < -0.39 is 0 Å². The summed E-state index contributed by atoms with van der Waals surface area (Å²) < 4.78 is 5.33. The lowest BCUT2D eigenvalue weighted by Gasteiger charge is -2.30. The maximum absolute atomic E-state index is 11.6. The highest BCUT2D eigenvalue weighted by atomic mass is 16.5. The third kappa shape index (κ3) is 1.73. The topological polar surface area (TPSA) is 53.3 Å². The Hall–Kier alpha value is -1.08. The summed E-state index contributed by atoms with van der Waals surface area (Å²) in [4.78, 5) is 13.4. The summed E-state index contributed by atoms with van der Waals surface area (Å²) in [5, 5.41) is 8.74. The molecule has 2 heterocycles. The van der Waals surface area contributed by atoms with Gasteiger partial charge in [0.05, 0.1) is 24.6 Å². The van der Waals surface area contributed by atoms with Crippen molar-refractivity contribution in [3.8, 4) is 6.07 Å². The molecule has 2 unspecified atom stereocenters. The number of likely N-dealkylation sites (tertiary alicyclic amines) is 1. The fraction of sp³-hybridized carbons (Fsp3) is 0.800. The molecule has 0 N–H and O–H groups in total. The lowest BCUT2D eigenvalue weighted by Crippen LogP contribution is -2.42. The number of carbonyl (C=O) groups is 1. The molecule has 2 saturated heterocycles. The van der Waals surface area contributed by atoms with Gasteiger partial charge in [-0.3, -0.25) is 4.79 Å². The summed E-state index contributed by atoms with van der Waals surface area (Å²) in [5.74, 6) is 0.0106. The minimum atomic E-state index is -0.107. The normalized spacial score (nSPS) is 33.1. The number of amides is 1. The second-order valence-corrected chi connectivity index (χ2v) is 3.95. The third-order valence-electron chi connectivity index (χ3n) is 2.92. The van der Waals surface area contributed by atoms with Crippen molar-refractivity contribution in [3.05, 3.63) is 0 Å². The standard InChI is InChI=1S/C10H14N2O2/c11-5-8-4-10(13)12(6-8)9-2-1-3-14-7-9/h8-9H,1-4,6-7H2. The molecule has 0 aromatic heterocycles. The third-order valence-corrected chi connectivity index (χ3v) is 2.92. The Morgan fingerprint density at radius 2 is 2.43 bits per heavy atom. The molecule has 0 aliphatic carbocycles. The fourth-order valence-corrected chi connectivity index (χ4v) is 2.14. The van der Waals surface area contributed by atoms with Crippen LogP contribution in [0.25, 0.3) is 0 Å². The van der Waals surface area contributed by atoms with Crippen molar-refractivity contribution in [2.45, 2.75) is 25.3 Å². The Labute approximate surface area is 83.4 Å². The molecule has 0 radical (unpaired) electrons. The lowest BCUT2D eigenvalue weighted by atomic mass is 10.1. The molecule has 0 saturated carbocycles. The molecule has 2 fully saturated rings. The highest BCUT2D eigenvalue weighted by Crippen LogP contribution is 2.23. The highest BCUT2D eigenvalue weighted by molar-refractivity contribution is 5.79. The number of hydrogen-bond acceptors (Lipinski definition) is 3. The van der Waals surface area contributed by atoms with Crippen molar-refractivity contribution < 1.29 is 9.53 Å². The first kappa shape index (κ1) is 9.47. The Morgan fingerprint density at radius 1 is 1.57 bits per heavy atom. The predicted molar refractivity (Wildman–Crippen MR) is 49.3 cm³/mol. The highest BCUT2D eigenvalue weighted by Gasteiger charge is 2.34. The molecule has 0 aromatic carbocycles. The van der Waals surface area contributed by atoms with Crippen molar-refractivity contribution in [1.29, 1.82) is 5.26 Å². The molecule has 2 aliphatic heterocycles.